The number of hydrogen-bond donors (Lipinski definition) is 0. The van der Waals surface area contributed by atoms with Crippen molar-refractivity contribution >= 4 is 5.78 Å². The highest BCUT2D eigenvalue weighted by Gasteiger charge is 2.18. The Morgan fingerprint density at radius 2 is 1.85 bits per heavy atom. The zero-order valence-corrected chi connectivity index (χ0v) is 16.8. The summed E-state index contributed by atoms with van der Waals surface area (Å²) < 4.78 is 5.80. The standard InChI is InChI=1S/C24H31NO2/c1-17(2)21-9-7-19(8-10-21)14-22(26)13-18(3)24-12-11-23(15-25-24)27-16-20-5-4-6-20/h7-12,15,17-18,20H,4-6,13-14,16H2,1-3H3/t18-/m0/s1. The quantitative estimate of drug-likeness (QED) is 0.573. The second-order valence-corrected chi connectivity index (χ2v) is 8.24. The number of aromatic nitrogens is 1. The van der Waals surface area contributed by atoms with Gasteiger partial charge in [0.15, 0.2) is 0 Å². The molecule has 3 rings (SSSR count). The highest BCUT2D eigenvalue weighted by atomic mass is 16.5. The van der Waals surface area contributed by atoms with Crippen LogP contribution in [0.4, 0.5) is 0 Å². The average Bonchev–Trinajstić information content (AvgIpc) is 2.61. The fraction of sp³-hybridized carbons (Fsp3) is 0.500. The maximum Gasteiger partial charge on any atom is 0.137 e. The zero-order chi connectivity index (χ0) is 19.2. The average molecular weight is 366 g/mol. The van der Waals surface area contributed by atoms with Gasteiger partial charge in [0.05, 0.1) is 12.8 Å². The Bertz CT molecular complexity index is 730. The van der Waals surface area contributed by atoms with Gasteiger partial charge >= 0.3 is 0 Å². The van der Waals surface area contributed by atoms with Gasteiger partial charge in [-0.2, -0.15) is 0 Å². The fourth-order valence-electron chi connectivity index (χ4n) is 3.41. The Morgan fingerprint density at radius 3 is 2.41 bits per heavy atom. The highest BCUT2D eigenvalue weighted by molar-refractivity contribution is 5.81. The Balaban J connectivity index is 1.48. The molecule has 2 aromatic rings. The molecule has 1 aromatic heterocycles. The number of nitrogens with zero attached hydrogens (tertiary/aromatic N) is 1. The van der Waals surface area contributed by atoms with Gasteiger partial charge in [0.1, 0.15) is 11.5 Å². The monoisotopic (exact) mass is 365 g/mol. The minimum atomic E-state index is 0.119. The van der Waals surface area contributed by atoms with Crippen LogP contribution in [0.1, 0.15) is 75.1 Å². The van der Waals surface area contributed by atoms with Crippen molar-refractivity contribution in [3.05, 3.63) is 59.4 Å². The molecule has 27 heavy (non-hydrogen) atoms. The molecule has 0 bridgehead atoms. The molecule has 144 valence electrons. The largest absolute Gasteiger partial charge is 0.492 e. The predicted octanol–water partition coefficient (Wildman–Crippen LogP) is 5.69. The van der Waals surface area contributed by atoms with Gasteiger partial charge < -0.3 is 4.74 Å². The van der Waals surface area contributed by atoms with Gasteiger partial charge in [-0.05, 0) is 47.9 Å². The molecule has 0 aliphatic heterocycles. The van der Waals surface area contributed by atoms with Crippen LogP contribution in [0.25, 0.3) is 0 Å². The maximum atomic E-state index is 12.4. The zero-order valence-electron chi connectivity index (χ0n) is 16.8. The molecule has 1 saturated carbocycles. The van der Waals surface area contributed by atoms with Gasteiger partial charge in [-0.15, -0.1) is 0 Å². The minimum Gasteiger partial charge on any atom is -0.492 e. The smallest absolute Gasteiger partial charge is 0.137 e. The molecule has 3 heteroatoms. The molecule has 0 unspecified atom stereocenters. The van der Waals surface area contributed by atoms with Gasteiger partial charge in [-0.1, -0.05) is 51.5 Å². The van der Waals surface area contributed by atoms with E-state index < -0.39 is 0 Å². The Kier molecular flexibility index (Phi) is 6.65. The number of ketones is 1. The van der Waals surface area contributed by atoms with Crippen LogP contribution in [0.2, 0.25) is 0 Å². The first kappa shape index (κ1) is 19.6. The molecular formula is C24H31NO2. The molecule has 1 fully saturated rings. The van der Waals surface area contributed by atoms with E-state index in [1.807, 2.05) is 12.1 Å². The number of hydrogen-bond acceptors (Lipinski definition) is 3. The molecule has 3 nitrogen and oxygen atoms in total. The van der Waals surface area contributed by atoms with E-state index in [9.17, 15) is 4.79 Å². The number of benzene rings is 1. The van der Waals surface area contributed by atoms with Crippen molar-refractivity contribution in [2.75, 3.05) is 6.61 Å². The van der Waals surface area contributed by atoms with E-state index in [1.54, 1.807) is 6.20 Å². The predicted molar refractivity (Wildman–Crippen MR) is 109 cm³/mol. The van der Waals surface area contributed by atoms with E-state index in [1.165, 1.54) is 24.8 Å². The second-order valence-electron chi connectivity index (χ2n) is 8.24. The molecule has 1 aliphatic carbocycles. The van der Waals surface area contributed by atoms with E-state index in [0.717, 1.165) is 29.5 Å². The van der Waals surface area contributed by atoms with Crippen molar-refractivity contribution in [3.63, 3.8) is 0 Å². The summed E-state index contributed by atoms with van der Waals surface area (Å²) in [5, 5.41) is 0. The molecule has 1 heterocycles. The van der Waals surface area contributed by atoms with E-state index in [2.05, 4.69) is 50.0 Å². The highest BCUT2D eigenvalue weighted by Crippen LogP contribution is 2.27. The lowest BCUT2D eigenvalue weighted by molar-refractivity contribution is -0.118. The van der Waals surface area contributed by atoms with Crippen LogP contribution in [-0.2, 0) is 11.2 Å². The summed E-state index contributed by atoms with van der Waals surface area (Å²) in [6.45, 7) is 7.22. The molecular weight excluding hydrogens is 334 g/mol. The van der Waals surface area contributed by atoms with Gasteiger partial charge in [0.2, 0.25) is 0 Å². The minimum absolute atomic E-state index is 0.119. The van der Waals surface area contributed by atoms with Crippen LogP contribution < -0.4 is 4.74 Å². The Hall–Kier alpha value is -2.16. The van der Waals surface area contributed by atoms with Crippen molar-refractivity contribution in [2.24, 2.45) is 5.92 Å². The molecule has 0 saturated heterocycles. The van der Waals surface area contributed by atoms with Crippen molar-refractivity contribution < 1.29 is 9.53 Å². The summed E-state index contributed by atoms with van der Waals surface area (Å²) >= 11 is 0. The van der Waals surface area contributed by atoms with Crippen molar-refractivity contribution in [3.8, 4) is 5.75 Å². The van der Waals surface area contributed by atoms with Gasteiger partial charge in [-0.3, -0.25) is 9.78 Å². The normalized spacial score (nSPS) is 15.4. The summed E-state index contributed by atoms with van der Waals surface area (Å²) in [5.74, 6) is 2.44. The lowest BCUT2D eigenvalue weighted by atomic mass is 9.86. The van der Waals surface area contributed by atoms with Crippen LogP contribution in [0.3, 0.4) is 0 Å². The second kappa shape index (κ2) is 9.16. The van der Waals surface area contributed by atoms with E-state index in [-0.39, 0.29) is 11.7 Å². The summed E-state index contributed by atoms with van der Waals surface area (Å²) in [6.07, 6.45) is 6.69. The summed E-state index contributed by atoms with van der Waals surface area (Å²) in [7, 11) is 0. The summed E-state index contributed by atoms with van der Waals surface area (Å²) in [6, 6.07) is 12.4. The van der Waals surface area contributed by atoms with Crippen LogP contribution in [0, 0.1) is 5.92 Å². The third-order valence-corrected chi connectivity index (χ3v) is 5.56. The topological polar surface area (TPSA) is 39.2 Å². The van der Waals surface area contributed by atoms with E-state index in [4.69, 9.17) is 4.74 Å². The first-order valence-electron chi connectivity index (χ1n) is 10.2. The Morgan fingerprint density at radius 1 is 1.11 bits per heavy atom. The lowest BCUT2D eigenvalue weighted by Gasteiger charge is -2.25. The number of carbonyl (C=O) groups is 1. The lowest BCUT2D eigenvalue weighted by Crippen LogP contribution is -2.19. The molecule has 0 spiro atoms. The Labute approximate surface area is 163 Å². The number of rotatable bonds is 9. The molecule has 1 aliphatic rings. The number of Topliss-reactive ketones (excluding diaryl/α,β-unsaturated/α-hetero) is 1. The molecule has 0 radical (unpaired) electrons. The molecule has 0 amide bonds. The molecule has 1 atom stereocenters. The van der Waals surface area contributed by atoms with Gasteiger partial charge in [0, 0.05) is 24.5 Å². The molecule has 0 N–H and O–H groups in total. The van der Waals surface area contributed by atoms with Gasteiger partial charge in [0.25, 0.3) is 0 Å². The number of carbonyl (C=O) groups excluding carboxylic acids is 1. The molecule has 1 aromatic carbocycles. The SMILES string of the molecule is CC(C)c1ccc(CC(=O)C[C@H](C)c2ccc(OCC3CCC3)cn2)cc1. The van der Waals surface area contributed by atoms with Crippen molar-refractivity contribution in [2.45, 2.75) is 64.7 Å². The van der Waals surface area contributed by atoms with Crippen LogP contribution in [-0.4, -0.2) is 17.4 Å². The van der Waals surface area contributed by atoms with E-state index in [0.29, 0.717) is 18.8 Å². The first-order valence-corrected chi connectivity index (χ1v) is 10.2. The van der Waals surface area contributed by atoms with E-state index >= 15 is 0 Å². The summed E-state index contributed by atoms with van der Waals surface area (Å²) in [5.41, 5.74) is 3.35. The maximum absolute atomic E-state index is 12.4. The van der Waals surface area contributed by atoms with Gasteiger partial charge in [-0.25, -0.2) is 0 Å². The number of pyridine rings is 1. The number of ether oxygens (including phenoxy) is 1. The van der Waals surface area contributed by atoms with Crippen molar-refractivity contribution in [1.29, 1.82) is 0 Å². The first-order chi connectivity index (χ1) is 13.0. The third kappa shape index (κ3) is 5.66. The van der Waals surface area contributed by atoms with Crippen LogP contribution >= 0.6 is 0 Å². The van der Waals surface area contributed by atoms with Crippen molar-refractivity contribution in [1.82, 2.24) is 4.98 Å². The fourth-order valence-corrected chi connectivity index (χ4v) is 3.41. The summed E-state index contributed by atoms with van der Waals surface area (Å²) in [4.78, 5) is 17.0. The third-order valence-electron chi connectivity index (χ3n) is 5.56. The van der Waals surface area contributed by atoms with Crippen LogP contribution in [0.15, 0.2) is 42.6 Å². The van der Waals surface area contributed by atoms with Crippen LogP contribution in [0.5, 0.6) is 5.75 Å².